The van der Waals surface area contributed by atoms with Gasteiger partial charge in [0.05, 0.1) is 24.9 Å². The lowest BCUT2D eigenvalue weighted by Crippen LogP contribution is -2.44. The molecule has 1 aliphatic carbocycles. The van der Waals surface area contributed by atoms with Crippen molar-refractivity contribution in [2.75, 3.05) is 37.0 Å². The van der Waals surface area contributed by atoms with Crippen LogP contribution in [0.15, 0.2) is 24.3 Å². The quantitative estimate of drug-likeness (QED) is 0.788. The second-order valence-electron chi connectivity index (χ2n) is 8.89. The Labute approximate surface area is 183 Å². The van der Waals surface area contributed by atoms with E-state index in [0.29, 0.717) is 12.6 Å². The Balaban J connectivity index is 1.39. The van der Waals surface area contributed by atoms with Crippen molar-refractivity contribution in [3.8, 4) is 11.4 Å². The SMILES string of the molecule is CC1COCCN1c1nc(-c2ccc(NC(=O)NC3CCC3)cc2)nc2c1CN(C)C2. The highest BCUT2D eigenvalue weighted by Crippen LogP contribution is 2.33. The minimum absolute atomic E-state index is 0.141. The number of rotatable bonds is 4. The standard InChI is InChI=1S/C23H30N6O2/c1-15-14-31-11-10-29(15)22-19-12-28(2)13-20(19)26-21(27-22)16-6-8-18(9-7-16)25-23(30)24-17-4-3-5-17/h6-9,15,17H,3-5,10-14H2,1-2H3,(H2,24,25,30). The molecule has 2 aliphatic heterocycles. The number of urea groups is 1. The first-order valence-corrected chi connectivity index (χ1v) is 11.2. The molecular weight excluding hydrogens is 392 g/mol. The number of hydrogen-bond donors (Lipinski definition) is 2. The molecule has 3 heterocycles. The third-order valence-corrected chi connectivity index (χ3v) is 6.40. The number of carbonyl (C=O) groups is 1. The van der Waals surface area contributed by atoms with Crippen LogP contribution in [0.5, 0.6) is 0 Å². The molecule has 0 radical (unpaired) electrons. The van der Waals surface area contributed by atoms with Gasteiger partial charge in [0.25, 0.3) is 0 Å². The average Bonchev–Trinajstić information content (AvgIpc) is 3.11. The molecule has 164 valence electrons. The van der Waals surface area contributed by atoms with Crippen molar-refractivity contribution in [1.29, 1.82) is 0 Å². The van der Waals surface area contributed by atoms with E-state index in [4.69, 9.17) is 14.7 Å². The van der Waals surface area contributed by atoms with Gasteiger partial charge in [-0.3, -0.25) is 4.90 Å². The molecule has 1 aromatic carbocycles. The summed E-state index contributed by atoms with van der Waals surface area (Å²) in [7, 11) is 2.11. The highest BCUT2D eigenvalue weighted by molar-refractivity contribution is 5.89. The Morgan fingerprint density at radius 1 is 1.16 bits per heavy atom. The molecule has 31 heavy (non-hydrogen) atoms. The largest absolute Gasteiger partial charge is 0.377 e. The molecule has 2 fully saturated rings. The van der Waals surface area contributed by atoms with Crippen LogP contribution < -0.4 is 15.5 Å². The van der Waals surface area contributed by atoms with Crippen molar-refractivity contribution in [3.63, 3.8) is 0 Å². The molecular formula is C23H30N6O2. The van der Waals surface area contributed by atoms with Crippen LogP contribution in [0.3, 0.4) is 0 Å². The van der Waals surface area contributed by atoms with Gasteiger partial charge in [0.2, 0.25) is 0 Å². The molecule has 1 atom stereocenters. The Kier molecular flexibility index (Phi) is 5.50. The number of nitrogens with zero attached hydrogens (tertiary/aromatic N) is 4. The number of nitrogens with one attached hydrogen (secondary N) is 2. The molecule has 0 spiro atoms. The first kappa shape index (κ1) is 20.2. The monoisotopic (exact) mass is 422 g/mol. The molecule has 1 unspecified atom stereocenters. The smallest absolute Gasteiger partial charge is 0.319 e. The fraction of sp³-hybridized carbons (Fsp3) is 0.522. The zero-order valence-electron chi connectivity index (χ0n) is 18.2. The number of hydrogen-bond acceptors (Lipinski definition) is 6. The number of fused-ring (bicyclic) bond motifs is 1. The number of anilines is 2. The second-order valence-corrected chi connectivity index (χ2v) is 8.89. The minimum atomic E-state index is -0.141. The zero-order valence-corrected chi connectivity index (χ0v) is 18.2. The van der Waals surface area contributed by atoms with E-state index >= 15 is 0 Å². The summed E-state index contributed by atoms with van der Waals surface area (Å²) in [4.78, 5) is 26.6. The van der Waals surface area contributed by atoms with Gasteiger partial charge in [-0.25, -0.2) is 14.8 Å². The van der Waals surface area contributed by atoms with Crippen LogP contribution in [0.25, 0.3) is 11.4 Å². The first-order valence-electron chi connectivity index (χ1n) is 11.2. The predicted molar refractivity (Wildman–Crippen MR) is 120 cm³/mol. The predicted octanol–water partition coefficient (Wildman–Crippen LogP) is 2.99. The fourth-order valence-electron chi connectivity index (χ4n) is 4.41. The normalized spacial score (nSPS) is 21.5. The molecule has 5 rings (SSSR count). The fourth-order valence-corrected chi connectivity index (χ4v) is 4.41. The summed E-state index contributed by atoms with van der Waals surface area (Å²) in [5.74, 6) is 1.76. The summed E-state index contributed by atoms with van der Waals surface area (Å²) >= 11 is 0. The number of benzene rings is 1. The van der Waals surface area contributed by atoms with Crippen LogP contribution in [0, 0.1) is 0 Å². The summed E-state index contributed by atoms with van der Waals surface area (Å²) in [6, 6.07) is 8.24. The second kappa shape index (κ2) is 8.43. The van der Waals surface area contributed by atoms with Gasteiger partial charge in [-0.2, -0.15) is 0 Å². The Morgan fingerprint density at radius 2 is 1.97 bits per heavy atom. The maximum atomic E-state index is 12.1. The summed E-state index contributed by atoms with van der Waals surface area (Å²) in [5.41, 5.74) is 4.04. The third kappa shape index (κ3) is 4.22. The van der Waals surface area contributed by atoms with E-state index in [-0.39, 0.29) is 12.1 Å². The van der Waals surface area contributed by atoms with Gasteiger partial charge in [-0.15, -0.1) is 0 Å². The summed E-state index contributed by atoms with van der Waals surface area (Å²) in [6.45, 7) is 6.16. The minimum Gasteiger partial charge on any atom is -0.377 e. The molecule has 0 bridgehead atoms. The highest BCUT2D eigenvalue weighted by atomic mass is 16.5. The van der Waals surface area contributed by atoms with E-state index in [1.807, 2.05) is 24.3 Å². The van der Waals surface area contributed by atoms with E-state index in [1.54, 1.807) is 0 Å². The van der Waals surface area contributed by atoms with Crippen molar-refractivity contribution in [2.45, 2.75) is 51.4 Å². The lowest BCUT2D eigenvalue weighted by molar-refractivity contribution is 0.0984. The number of ether oxygens (including phenoxy) is 1. The van der Waals surface area contributed by atoms with Crippen LogP contribution in [-0.2, 0) is 17.8 Å². The molecule has 8 heteroatoms. The topological polar surface area (TPSA) is 82.6 Å². The van der Waals surface area contributed by atoms with E-state index in [9.17, 15) is 4.79 Å². The van der Waals surface area contributed by atoms with Gasteiger partial charge in [0.1, 0.15) is 5.82 Å². The van der Waals surface area contributed by atoms with Crippen molar-refractivity contribution >= 4 is 17.5 Å². The van der Waals surface area contributed by atoms with Gasteiger partial charge >= 0.3 is 6.03 Å². The molecule has 2 N–H and O–H groups in total. The molecule has 8 nitrogen and oxygen atoms in total. The van der Waals surface area contributed by atoms with Gasteiger partial charge in [-0.05, 0) is 57.5 Å². The molecule has 2 aromatic rings. The highest BCUT2D eigenvalue weighted by Gasteiger charge is 2.29. The van der Waals surface area contributed by atoms with Crippen molar-refractivity contribution in [1.82, 2.24) is 20.2 Å². The van der Waals surface area contributed by atoms with Gasteiger partial charge < -0.3 is 20.3 Å². The summed E-state index contributed by atoms with van der Waals surface area (Å²) in [6.07, 6.45) is 3.34. The zero-order chi connectivity index (χ0) is 21.4. The molecule has 2 amide bonds. The van der Waals surface area contributed by atoms with E-state index in [2.05, 4.69) is 34.4 Å². The van der Waals surface area contributed by atoms with Crippen LogP contribution in [0.1, 0.15) is 37.4 Å². The lowest BCUT2D eigenvalue weighted by atomic mass is 9.93. The van der Waals surface area contributed by atoms with E-state index < -0.39 is 0 Å². The van der Waals surface area contributed by atoms with Crippen molar-refractivity contribution in [3.05, 3.63) is 35.5 Å². The number of amides is 2. The van der Waals surface area contributed by atoms with Crippen molar-refractivity contribution < 1.29 is 9.53 Å². The van der Waals surface area contributed by atoms with Crippen LogP contribution >= 0.6 is 0 Å². The Morgan fingerprint density at radius 3 is 2.68 bits per heavy atom. The number of morpholine rings is 1. The Bertz CT molecular complexity index is 959. The first-order chi connectivity index (χ1) is 15.1. The average molecular weight is 423 g/mol. The summed E-state index contributed by atoms with van der Waals surface area (Å²) < 4.78 is 5.63. The number of carbonyl (C=O) groups excluding carboxylic acids is 1. The summed E-state index contributed by atoms with van der Waals surface area (Å²) in [5, 5.41) is 5.91. The van der Waals surface area contributed by atoms with Gasteiger partial charge in [0, 0.05) is 42.5 Å². The maximum Gasteiger partial charge on any atom is 0.319 e. The molecule has 3 aliphatic rings. The van der Waals surface area contributed by atoms with Crippen molar-refractivity contribution in [2.24, 2.45) is 0 Å². The lowest BCUT2D eigenvalue weighted by Gasteiger charge is -2.35. The van der Waals surface area contributed by atoms with Crippen LogP contribution in [-0.4, -0.2) is 59.8 Å². The molecule has 1 aromatic heterocycles. The Hall–Kier alpha value is -2.71. The number of aromatic nitrogens is 2. The van der Waals surface area contributed by atoms with Crippen LogP contribution in [0.4, 0.5) is 16.3 Å². The third-order valence-electron chi connectivity index (χ3n) is 6.40. The van der Waals surface area contributed by atoms with E-state index in [1.165, 1.54) is 12.0 Å². The molecule has 1 saturated heterocycles. The van der Waals surface area contributed by atoms with Crippen LogP contribution in [0.2, 0.25) is 0 Å². The molecule has 1 saturated carbocycles. The van der Waals surface area contributed by atoms with Gasteiger partial charge in [0.15, 0.2) is 5.82 Å². The maximum absolute atomic E-state index is 12.1. The van der Waals surface area contributed by atoms with E-state index in [0.717, 1.165) is 67.7 Å². The van der Waals surface area contributed by atoms with Gasteiger partial charge in [-0.1, -0.05) is 0 Å².